The van der Waals surface area contributed by atoms with Crippen molar-refractivity contribution in [2.24, 2.45) is 10.8 Å². The van der Waals surface area contributed by atoms with Gasteiger partial charge >= 0.3 is 0 Å². The molecule has 2 aromatic heterocycles. The van der Waals surface area contributed by atoms with Crippen molar-refractivity contribution in [3.05, 3.63) is 65.0 Å². The first-order valence-corrected chi connectivity index (χ1v) is 10.4. The number of hydrogen-bond donors (Lipinski definition) is 4. The summed E-state index contributed by atoms with van der Waals surface area (Å²) in [6.45, 7) is 0.132. The summed E-state index contributed by atoms with van der Waals surface area (Å²) in [6, 6.07) is 11.8. The smallest absolute Gasteiger partial charge is 0.293 e. The van der Waals surface area contributed by atoms with Crippen LogP contribution in [0.25, 0.3) is 5.82 Å². The lowest BCUT2D eigenvalue weighted by Crippen LogP contribution is -2.22. The number of hydrazone groups is 1. The van der Waals surface area contributed by atoms with E-state index in [1.165, 1.54) is 10.9 Å². The van der Waals surface area contributed by atoms with Gasteiger partial charge in [0.1, 0.15) is 0 Å². The number of carbonyl (C=O) groups is 2. The molecule has 0 radical (unpaired) electrons. The third kappa shape index (κ3) is 4.35. The number of benzene rings is 2. The van der Waals surface area contributed by atoms with Crippen molar-refractivity contribution >= 4 is 29.5 Å². The second-order valence-corrected chi connectivity index (χ2v) is 7.34. The van der Waals surface area contributed by atoms with Gasteiger partial charge in [0.15, 0.2) is 17.2 Å². The summed E-state index contributed by atoms with van der Waals surface area (Å²) in [4.78, 5) is 24.7. The summed E-state index contributed by atoms with van der Waals surface area (Å²) in [7, 11) is 0. The van der Waals surface area contributed by atoms with Crippen LogP contribution >= 0.6 is 0 Å². The lowest BCUT2D eigenvalue weighted by Gasteiger charge is -2.11. The van der Waals surface area contributed by atoms with Crippen molar-refractivity contribution < 1.29 is 23.7 Å². The third-order valence-electron chi connectivity index (χ3n) is 5.09. The quantitative estimate of drug-likeness (QED) is 0.196. The molecule has 5 rings (SSSR count). The largest absolute Gasteiger partial charge is 0.454 e. The highest BCUT2D eigenvalue weighted by Crippen LogP contribution is 2.32. The number of aromatic nitrogens is 5. The van der Waals surface area contributed by atoms with E-state index in [1.54, 1.807) is 42.5 Å². The highest BCUT2D eigenvalue weighted by molar-refractivity contribution is 5.98. The van der Waals surface area contributed by atoms with Crippen molar-refractivity contribution in [2.45, 2.75) is 6.54 Å². The number of primary amides is 1. The molecule has 0 saturated heterocycles. The van der Waals surface area contributed by atoms with Gasteiger partial charge < -0.3 is 26.3 Å². The lowest BCUT2D eigenvalue weighted by molar-refractivity contribution is 0.0947. The van der Waals surface area contributed by atoms with Gasteiger partial charge in [0, 0.05) is 5.69 Å². The molecule has 6 N–H and O–H groups in total. The molecule has 3 heterocycles. The second-order valence-electron chi connectivity index (χ2n) is 7.34. The molecule has 2 amide bonds. The first kappa shape index (κ1) is 22.3. The monoisotopic (exact) mass is 490 g/mol. The molecular weight excluding hydrogens is 472 g/mol. The molecule has 2 aromatic carbocycles. The number of carbonyl (C=O) groups excluding carboxylic acids is 2. The summed E-state index contributed by atoms with van der Waals surface area (Å²) >= 11 is 0. The zero-order valence-electron chi connectivity index (χ0n) is 18.4. The Balaban J connectivity index is 1.39. The van der Waals surface area contributed by atoms with E-state index in [1.807, 2.05) is 0 Å². The second kappa shape index (κ2) is 9.41. The predicted octanol–water partition coefficient (Wildman–Crippen LogP) is 0.436. The predicted molar refractivity (Wildman–Crippen MR) is 124 cm³/mol. The number of para-hydroxylation sites is 1. The van der Waals surface area contributed by atoms with Gasteiger partial charge in [0.2, 0.25) is 18.4 Å². The molecule has 4 aromatic rings. The number of ether oxygens (including phenoxy) is 2. The Bertz CT molecular complexity index is 1480. The maximum atomic E-state index is 12.9. The topological polar surface area (TPSA) is 211 Å². The molecule has 0 bridgehead atoms. The van der Waals surface area contributed by atoms with E-state index in [0.29, 0.717) is 22.7 Å². The van der Waals surface area contributed by atoms with Crippen molar-refractivity contribution in [3.8, 4) is 17.3 Å². The van der Waals surface area contributed by atoms with E-state index in [-0.39, 0.29) is 41.9 Å². The molecule has 1 aliphatic heterocycles. The number of amides is 2. The van der Waals surface area contributed by atoms with Crippen LogP contribution in [0.3, 0.4) is 0 Å². The Morgan fingerprint density at radius 2 is 1.97 bits per heavy atom. The molecule has 36 heavy (non-hydrogen) atoms. The van der Waals surface area contributed by atoms with E-state index in [2.05, 4.69) is 41.1 Å². The number of nitrogens with zero attached hydrogens (tertiary/aromatic N) is 6. The fourth-order valence-electron chi connectivity index (χ4n) is 3.39. The summed E-state index contributed by atoms with van der Waals surface area (Å²) < 4.78 is 16.4. The van der Waals surface area contributed by atoms with Gasteiger partial charge in [-0.05, 0) is 46.2 Å². The van der Waals surface area contributed by atoms with Crippen LogP contribution in [0.4, 0.5) is 11.5 Å². The Morgan fingerprint density at radius 1 is 1.14 bits per heavy atom. The Morgan fingerprint density at radius 3 is 2.78 bits per heavy atom. The molecule has 0 spiro atoms. The summed E-state index contributed by atoms with van der Waals surface area (Å²) in [5, 5.41) is 22.2. The number of nitrogens with one attached hydrogen (secondary N) is 2. The number of nitrogens with two attached hydrogens (primary N) is 2. The average molecular weight is 490 g/mol. The first-order chi connectivity index (χ1) is 17.5. The third-order valence-corrected chi connectivity index (χ3v) is 5.09. The maximum Gasteiger partial charge on any atom is 0.293 e. The highest BCUT2D eigenvalue weighted by atomic mass is 16.7. The van der Waals surface area contributed by atoms with Crippen LogP contribution in [0.1, 0.15) is 32.1 Å². The standard InChI is InChI=1S/C21H18N10O5/c22-18-20(29-36-28-18)31-14(9-24-13-4-2-1-3-12(13)19(23)32)17(26-30-31)21(33)27-25-8-11-5-6-15-16(7-11)35-10-34-15/h1-8,24H,9-10H2,(H2,22,28)(H2,23,32)(H,27,33). The van der Waals surface area contributed by atoms with Crippen LogP contribution < -0.4 is 31.7 Å². The van der Waals surface area contributed by atoms with Gasteiger partial charge in [-0.25, -0.2) is 10.1 Å². The van der Waals surface area contributed by atoms with Gasteiger partial charge in [0.25, 0.3) is 11.8 Å². The Labute approximate surface area is 202 Å². The van der Waals surface area contributed by atoms with Gasteiger partial charge in [-0.15, -0.1) is 5.10 Å². The molecule has 15 nitrogen and oxygen atoms in total. The van der Waals surface area contributed by atoms with E-state index < -0.39 is 11.8 Å². The number of nitrogen functional groups attached to an aromatic ring is 1. The van der Waals surface area contributed by atoms with Crippen LogP contribution in [0.5, 0.6) is 11.5 Å². The molecule has 15 heteroatoms. The summed E-state index contributed by atoms with van der Waals surface area (Å²) in [5.74, 6) is -0.100. The normalized spacial score (nSPS) is 12.1. The molecule has 0 atom stereocenters. The molecular formula is C21H18N10O5. The molecule has 0 aliphatic carbocycles. The lowest BCUT2D eigenvalue weighted by atomic mass is 10.1. The molecule has 1 aliphatic rings. The van der Waals surface area contributed by atoms with Crippen molar-refractivity contribution in [1.29, 1.82) is 0 Å². The average Bonchev–Trinajstić information content (AvgIpc) is 3.61. The van der Waals surface area contributed by atoms with Crippen molar-refractivity contribution in [1.82, 2.24) is 30.7 Å². The zero-order chi connectivity index (χ0) is 25.1. The summed E-state index contributed by atoms with van der Waals surface area (Å²) in [6.07, 6.45) is 1.44. The number of hydrogen-bond acceptors (Lipinski definition) is 12. The van der Waals surface area contributed by atoms with Gasteiger partial charge in [0.05, 0.1) is 24.0 Å². The maximum absolute atomic E-state index is 12.9. The van der Waals surface area contributed by atoms with E-state index >= 15 is 0 Å². The minimum atomic E-state index is -0.659. The zero-order valence-corrected chi connectivity index (χ0v) is 18.4. The van der Waals surface area contributed by atoms with Crippen LogP contribution in [0.2, 0.25) is 0 Å². The van der Waals surface area contributed by atoms with Crippen LogP contribution in [-0.2, 0) is 6.54 Å². The molecule has 0 unspecified atom stereocenters. The highest BCUT2D eigenvalue weighted by Gasteiger charge is 2.24. The van der Waals surface area contributed by atoms with Gasteiger partial charge in [-0.2, -0.15) is 9.78 Å². The molecule has 0 saturated carbocycles. The van der Waals surface area contributed by atoms with Crippen LogP contribution in [0.15, 0.2) is 52.2 Å². The van der Waals surface area contributed by atoms with Gasteiger partial charge in [-0.1, -0.05) is 17.3 Å². The molecule has 0 fully saturated rings. The number of anilines is 2. The SMILES string of the molecule is NC(=O)c1ccccc1NCc1c(C(=O)NN=Cc2ccc3c(c2)OCO3)nnn1-c1nonc1N. The van der Waals surface area contributed by atoms with Gasteiger partial charge in [-0.3, -0.25) is 9.59 Å². The number of fused-ring (bicyclic) bond motifs is 1. The first-order valence-electron chi connectivity index (χ1n) is 10.4. The Kier molecular flexibility index (Phi) is 5.84. The number of rotatable bonds is 8. The van der Waals surface area contributed by atoms with E-state index in [0.717, 1.165) is 0 Å². The van der Waals surface area contributed by atoms with Crippen molar-refractivity contribution in [3.63, 3.8) is 0 Å². The van der Waals surface area contributed by atoms with Crippen molar-refractivity contribution in [2.75, 3.05) is 17.8 Å². The summed E-state index contributed by atoms with van der Waals surface area (Å²) in [5.41, 5.74) is 15.2. The minimum Gasteiger partial charge on any atom is -0.454 e. The molecule has 182 valence electrons. The van der Waals surface area contributed by atoms with Crippen LogP contribution in [-0.4, -0.2) is 50.1 Å². The van der Waals surface area contributed by atoms with E-state index in [9.17, 15) is 9.59 Å². The minimum absolute atomic E-state index is 0.0157. The van der Waals surface area contributed by atoms with Crippen LogP contribution in [0, 0.1) is 0 Å². The van der Waals surface area contributed by atoms with E-state index in [4.69, 9.17) is 20.9 Å². The fraction of sp³-hybridized carbons (Fsp3) is 0.0952. The Hall–Kier alpha value is -5.47. The fourth-order valence-corrected chi connectivity index (χ4v) is 3.39.